The number of rotatable bonds is 4. The van der Waals surface area contributed by atoms with Gasteiger partial charge in [-0.15, -0.1) is 0 Å². The predicted octanol–water partition coefficient (Wildman–Crippen LogP) is 0.00230. The van der Waals surface area contributed by atoms with Gasteiger partial charge in [0.05, 0.1) is 12.7 Å². The molecule has 0 aromatic rings. The predicted molar refractivity (Wildman–Crippen MR) is 63.8 cm³/mol. The highest BCUT2D eigenvalue weighted by molar-refractivity contribution is 5.80. The number of nitrogens with one attached hydrogen (secondary N) is 1. The monoisotopic (exact) mass is 242 g/mol. The van der Waals surface area contributed by atoms with Gasteiger partial charge >= 0.3 is 0 Å². The van der Waals surface area contributed by atoms with Crippen molar-refractivity contribution in [1.82, 2.24) is 10.2 Å². The van der Waals surface area contributed by atoms with Crippen LogP contribution in [-0.2, 0) is 14.3 Å². The summed E-state index contributed by atoms with van der Waals surface area (Å²) >= 11 is 0. The van der Waals surface area contributed by atoms with Gasteiger partial charge in [-0.05, 0) is 26.3 Å². The minimum absolute atomic E-state index is 0.0339. The van der Waals surface area contributed by atoms with E-state index in [4.69, 9.17) is 9.47 Å². The quantitative estimate of drug-likeness (QED) is 0.754. The minimum atomic E-state index is -0.218. The lowest BCUT2D eigenvalue weighted by atomic mass is 10.2. The lowest BCUT2D eigenvalue weighted by molar-refractivity contribution is -0.130. The average Bonchev–Trinajstić information content (AvgIpc) is 2.82. The van der Waals surface area contributed by atoms with E-state index in [2.05, 4.69) is 17.3 Å². The van der Waals surface area contributed by atoms with Gasteiger partial charge in [-0.3, -0.25) is 4.79 Å². The number of morpholine rings is 1. The van der Waals surface area contributed by atoms with Crippen molar-refractivity contribution in [3.63, 3.8) is 0 Å². The molecule has 2 aliphatic heterocycles. The van der Waals surface area contributed by atoms with Gasteiger partial charge < -0.3 is 19.7 Å². The zero-order valence-electron chi connectivity index (χ0n) is 10.5. The number of hydrogen-bond donors (Lipinski definition) is 1. The Hall–Kier alpha value is -0.650. The molecule has 2 heterocycles. The summed E-state index contributed by atoms with van der Waals surface area (Å²) in [6, 6.07) is 0. The van der Waals surface area contributed by atoms with E-state index < -0.39 is 0 Å². The van der Waals surface area contributed by atoms with Crippen LogP contribution in [0.3, 0.4) is 0 Å². The smallest absolute Gasteiger partial charge is 0.249 e. The van der Waals surface area contributed by atoms with Gasteiger partial charge in [-0.25, -0.2) is 0 Å². The van der Waals surface area contributed by atoms with E-state index >= 15 is 0 Å². The molecule has 2 unspecified atom stereocenters. The van der Waals surface area contributed by atoms with E-state index in [9.17, 15) is 4.79 Å². The van der Waals surface area contributed by atoms with E-state index in [1.54, 1.807) is 0 Å². The molecule has 98 valence electrons. The molecule has 5 nitrogen and oxygen atoms in total. The van der Waals surface area contributed by atoms with Crippen molar-refractivity contribution < 1.29 is 14.3 Å². The molecule has 0 aromatic heterocycles. The highest BCUT2D eigenvalue weighted by Gasteiger charge is 2.23. The largest absolute Gasteiger partial charge is 0.375 e. The van der Waals surface area contributed by atoms with Crippen LogP contribution in [0.5, 0.6) is 0 Å². The second-order valence-corrected chi connectivity index (χ2v) is 4.84. The van der Waals surface area contributed by atoms with E-state index in [0.717, 1.165) is 39.0 Å². The van der Waals surface area contributed by atoms with Crippen LogP contribution in [0.2, 0.25) is 0 Å². The molecule has 2 fully saturated rings. The van der Waals surface area contributed by atoms with Crippen LogP contribution in [-0.4, -0.2) is 62.9 Å². The van der Waals surface area contributed by atoms with E-state index in [1.165, 1.54) is 0 Å². The molecule has 1 N–H and O–H groups in total. The molecule has 2 atom stereocenters. The Morgan fingerprint density at radius 3 is 3.00 bits per heavy atom. The van der Waals surface area contributed by atoms with Crippen LogP contribution in [0.4, 0.5) is 0 Å². The van der Waals surface area contributed by atoms with Crippen LogP contribution in [0.15, 0.2) is 0 Å². The molecule has 0 aromatic carbocycles. The second-order valence-electron chi connectivity index (χ2n) is 4.84. The summed E-state index contributed by atoms with van der Waals surface area (Å²) in [7, 11) is 2.10. The molecule has 2 saturated heterocycles. The Morgan fingerprint density at radius 1 is 1.41 bits per heavy atom. The van der Waals surface area contributed by atoms with Crippen molar-refractivity contribution >= 4 is 5.91 Å². The van der Waals surface area contributed by atoms with Crippen molar-refractivity contribution in [1.29, 1.82) is 0 Å². The highest BCUT2D eigenvalue weighted by atomic mass is 16.5. The molecule has 0 bridgehead atoms. The fourth-order valence-corrected chi connectivity index (χ4v) is 2.30. The maximum Gasteiger partial charge on any atom is 0.249 e. The van der Waals surface area contributed by atoms with E-state index in [1.807, 2.05) is 0 Å². The van der Waals surface area contributed by atoms with Gasteiger partial charge in [0, 0.05) is 26.2 Å². The third kappa shape index (κ3) is 3.94. The van der Waals surface area contributed by atoms with Gasteiger partial charge in [-0.2, -0.15) is 0 Å². The van der Waals surface area contributed by atoms with Crippen molar-refractivity contribution in [3.8, 4) is 0 Å². The number of likely N-dealkylation sites (N-methyl/N-ethyl adjacent to an activating group) is 1. The number of nitrogens with zero attached hydrogens (tertiary/aromatic N) is 1. The Kier molecular flexibility index (Phi) is 4.76. The maximum atomic E-state index is 11.7. The van der Waals surface area contributed by atoms with Crippen molar-refractivity contribution in [2.24, 2.45) is 0 Å². The summed E-state index contributed by atoms with van der Waals surface area (Å²) in [5.74, 6) is 0.0339. The summed E-state index contributed by atoms with van der Waals surface area (Å²) in [5, 5.41) is 2.92. The highest BCUT2D eigenvalue weighted by Crippen LogP contribution is 2.12. The Labute approximate surface area is 102 Å². The topological polar surface area (TPSA) is 50.8 Å². The zero-order chi connectivity index (χ0) is 12.1. The molecule has 5 heteroatoms. The first-order valence-electron chi connectivity index (χ1n) is 6.45. The SMILES string of the molecule is CN1CCOC(CCNC(=O)C2CCCO2)C1. The summed E-state index contributed by atoms with van der Waals surface area (Å²) in [5.41, 5.74) is 0. The zero-order valence-corrected chi connectivity index (χ0v) is 10.5. The Bertz CT molecular complexity index is 254. The van der Waals surface area contributed by atoms with Gasteiger partial charge in [0.1, 0.15) is 6.10 Å². The molecule has 1 amide bonds. The van der Waals surface area contributed by atoms with Gasteiger partial charge in [0.2, 0.25) is 5.91 Å². The molecule has 0 saturated carbocycles. The fraction of sp³-hybridized carbons (Fsp3) is 0.917. The number of amides is 1. The first kappa shape index (κ1) is 12.8. The van der Waals surface area contributed by atoms with Gasteiger partial charge in [0.25, 0.3) is 0 Å². The number of hydrogen-bond acceptors (Lipinski definition) is 4. The third-order valence-corrected chi connectivity index (χ3v) is 3.33. The summed E-state index contributed by atoms with van der Waals surface area (Å²) < 4.78 is 11.0. The molecular weight excluding hydrogens is 220 g/mol. The second kappa shape index (κ2) is 6.33. The molecule has 2 aliphatic rings. The maximum absolute atomic E-state index is 11.7. The summed E-state index contributed by atoms with van der Waals surface area (Å²) in [4.78, 5) is 13.9. The Morgan fingerprint density at radius 2 is 2.29 bits per heavy atom. The Balaban J connectivity index is 1.60. The van der Waals surface area contributed by atoms with Crippen LogP contribution in [0.1, 0.15) is 19.3 Å². The number of carbonyl (C=O) groups is 1. The van der Waals surface area contributed by atoms with Crippen LogP contribution >= 0.6 is 0 Å². The third-order valence-electron chi connectivity index (χ3n) is 3.33. The number of carbonyl (C=O) groups excluding carboxylic acids is 1. The van der Waals surface area contributed by atoms with E-state index in [-0.39, 0.29) is 18.1 Å². The van der Waals surface area contributed by atoms with Gasteiger partial charge in [-0.1, -0.05) is 0 Å². The molecule has 0 aliphatic carbocycles. The average molecular weight is 242 g/mol. The molecule has 0 spiro atoms. The van der Waals surface area contributed by atoms with Crippen LogP contribution in [0, 0.1) is 0 Å². The number of ether oxygens (including phenoxy) is 2. The van der Waals surface area contributed by atoms with Crippen molar-refractivity contribution in [2.45, 2.75) is 31.5 Å². The normalized spacial score (nSPS) is 30.4. The standard InChI is InChI=1S/C12H22N2O3/c1-14-6-8-16-10(9-14)4-5-13-12(15)11-3-2-7-17-11/h10-11H,2-9H2,1H3,(H,13,15). The fourth-order valence-electron chi connectivity index (χ4n) is 2.30. The van der Waals surface area contributed by atoms with Crippen LogP contribution < -0.4 is 5.32 Å². The summed E-state index contributed by atoms with van der Waals surface area (Å²) in [6.07, 6.45) is 2.76. The van der Waals surface area contributed by atoms with Crippen molar-refractivity contribution in [3.05, 3.63) is 0 Å². The first-order valence-corrected chi connectivity index (χ1v) is 6.45. The molecule has 0 radical (unpaired) electrons. The molecule has 2 rings (SSSR count). The summed E-state index contributed by atoms with van der Waals surface area (Å²) in [6.45, 7) is 4.14. The molecular formula is C12H22N2O3. The molecule has 17 heavy (non-hydrogen) atoms. The van der Waals surface area contributed by atoms with Crippen LogP contribution in [0.25, 0.3) is 0 Å². The van der Waals surface area contributed by atoms with Crippen molar-refractivity contribution in [2.75, 3.05) is 39.9 Å². The van der Waals surface area contributed by atoms with Gasteiger partial charge in [0.15, 0.2) is 0 Å². The first-order chi connectivity index (χ1) is 8.25. The minimum Gasteiger partial charge on any atom is -0.375 e. The lowest BCUT2D eigenvalue weighted by Gasteiger charge is -2.30. The van der Waals surface area contributed by atoms with E-state index in [0.29, 0.717) is 13.2 Å². The lowest BCUT2D eigenvalue weighted by Crippen LogP contribution is -2.42.